The molecule has 76 valence electrons. The largest absolute Gasteiger partial charge is 0.292 e. The van der Waals surface area contributed by atoms with Crippen LogP contribution in [0.25, 0.3) is 0 Å². The van der Waals surface area contributed by atoms with Crippen LogP contribution in [0, 0.1) is 0 Å². The lowest BCUT2D eigenvalue weighted by Crippen LogP contribution is -2.19. The SMILES string of the molecule is O=C(c1ccc(Cl)s1)C1CCCCS1. The van der Waals surface area contributed by atoms with E-state index in [1.807, 2.05) is 6.07 Å². The maximum Gasteiger partial charge on any atom is 0.185 e. The number of thioether (sulfide) groups is 1. The van der Waals surface area contributed by atoms with E-state index >= 15 is 0 Å². The molecule has 1 aromatic rings. The van der Waals surface area contributed by atoms with Crippen LogP contribution in [0.1, 0.15) is 28.9 Å². The van der Waals surface area contributed by atoms with E-state index in [1.54, 1.807) is 17.8 Å². The zero-order valence-corrected chi connectivity index (χ0v) is 10.1. The summed E-state index contributed by atoms with van der Waals surface area (Å²) in [5.41, 5.74) is 0. The van der Waals surface area contributed by atoms with Gasteiger partial charge in [-0.25, -0.2) is 0 Å². The lowest BCUT2D eigenvalue weighted by molar-refractivity contribution is 0.0988. The van der Waals surface area contributed by atoms with Crippen molar-refractivity contribution >= 4 is 40.5 Å². The minimum atomic E-state index is 0.179. The van der Waals surface area contributed by atoms with E-state index in [2.05, 4.69) is 0 Å². The molecule has 0 saturated carbocycles. The van der Waals surface area contributed by atoms with E-state index in [9.17, 15) is 4.79 Å². The van der Waals surface area contributed by atoms with Gasteiger partial charge in [0.05, 0.1) is 14.5 Å². The van der Waals surface area contributed by atoms with Crippen molar-refractivity contribution in [3.05, 3.63) is 21.3 Å². The fraction of sp³-hybridized carbons (Fsp3) is 0.500. The van der Waals surface area contributed by atoms with Crippen LogP contribution in [0.3, 0.4) is 0 Å². The third-order valence-corrected chi connectivity index (χ3v) is 4.91. The van der Waals surface area contributed by atoms with Gasteiger partial charge in [0.1, 0.15) is 0 Å². The van der Waals surface area contributed by atoms with E-state index in [4.69, 9.17) is 11.6 Å². The van der Waals surface area contributed by atoms with Gasteiger partial charge in [0.25, 0.3) is 0 Å². The molecule has 1 aromatic heterocycles. The third kappa shape index (κ3) is 2.33. The van der Waals surface area contributed by atoms with Crippen LogP contribution in [0.4, 0.5) is 0 Å². The summed E-state index contributed by atoms with van der Waals surface area (Å²) >= 11 is 8.98. The maximum atomic E-state index is 11.9. The van der Waals surface area contributed by atoms with E-state index in [-0.39, 0.29) is 11.0 Å². The van der Waals surface area contributed by atoms with Crippen LogP contribution >= 0.6 is 34.7 Å². The van der Waals surface area contributed by atoms with Crippen molar-refractivity contribution in [2.75, 3.05) is 5.75 Å². The molecule has 0 bridgehead atoms. The standard InChI is InChI=1S/C10H11ClOS2/c11-9-5-4-8(14-9)10(12)7-3-1-2-6-13-7/h4-5,7H,1-3,6H2. The number of hydrogen-bond acceptors (Lipinski definition) is 3. The number of ketones is 1. The first-order valence-corrected chi connectivity index (χ1v) is 6.93. The topological polar surface area (TPSA) is 17.1 Å². The van der Waals surface area contributed by atoms with Crippen molar-refractivity contribution in [3.8, 4) is 0 Å². The first-order chi connectivity index (χ1) is 6.77. The summed E-state index contributed by atoms with van der Waals surface area (Å²) < 4.78 is 0.703. The number of hydrogen-bond donors (Lipinski definition) is 0. The number of halogens is 1. The van der Waals surface area contributed by atoms with Gasteiger partial charge in [0, 0.05) is 0 Å². The van der Waals surface area contributed by atoms with Gasteiger partial charge in [0.2, 0.25) is 0 Å². The summed E-state index contributed by atoms with van der Waals surface area (Å²) in [6, 6.07) is 3.64. The fourth-order valence-corrected chi connectivity index (χ4v) is 3.93. The zero-order chi connectivity index (χ0) is 9.97. The maximum absolute atomic E-state index is 11.9. The van der Waals surface area contributed by atoms with Gasteiger partial charge in [-0.05, 0) is 30.7 Å². The van der Waals surface area contributed by atoms with Gasteiger partial charge in [-0.3, -0.25) is 4.79 Å². The molecule has 4 heteroatoms. The fourth-order valence-electron chi connectivity index (χ4n) is 1.55. The second-order valence-corrected chi connectivity index (χ2v) is 6.35. The molecule has 0 spiro atoms. The van der Waals surface area contributed by atoms with Crippen molar-refractivity contribution in [2.45, 2.75) is 24.5 Å². The Morgan fingerprint density at radius 2 is 2.29 bits per heavy atom. The highest BCUT2D eigenvalue weighted by atomic mass is 35.5. The Balaban J connectivity index is 2.07. The molecule has 1 aliphatic heterocycles. The Morgan fingerprint density at radius 3 is 2.86 bits per heavy atom. The van der Waals surface area contributed by atoms with Gasteiger partial charge in [0.15, 0.2) is 5.78 Å². The first kappa shape index (κ1) is 10.5. The predicted molar refractivity (Wildman–Crippen MR) is 63.8 cm³/mol. The summed E-state index contributed by atoms with van der Waals surface area (Å²) in [6.07, 6.45) is 3.46. The smallest absolute Gasteiger partial charge is 0.185 e. The number of thiophene rings is 1. The number of Topliss-reactive ketones (excluding diaryl/α,β-unsaturated/α-hetero) is 1. The number of rotatable bonds is 2. The molecule has 0 aliphatic carbocycles. The van der Waals surface area contributed by atoms with Crippen LogP contribution in [0.2, 0.25) is 4.34 Å². The molecule has 1 unspecified atom stereocenters. The van der Waals surface area contributed by atoms with Gasteiger partial charge in [-0.2, -0.15) is 11.8 Å². The molecule has 1 saturated heterocycles. The molecule has 0 radical (unpaired) electrons. The highest BCUT2D eigenvalue weighted by molar-refractivity contribution is 8.00. The normalized spacial score (nSPS) is 22.2. The van der Waals surface area contributed by atoms with Crippen LogP contribution < -0.4 is 0 Å². The number of carbonyl (C=O) groups is 1. The first-order valence-electron chi connectivity index (χ1n) is 4.68. The predicted octanol–water partition coefficient (Wildman–Crippen LogP) is 3.87. The van der Waals surface area contributed by atoms with Crippen LogP contribution in [-0.4, -0.2) is 16.8 Å². The van der Waals surface area contributed by atoms with Gasteiger partial charge in [-0.1, -0.05) is 18.0 Å². The van der Waals surface area contributed by atoms with Crippen molar-refractivity contribution in [1.29, 1.82) is 0 Å². The molecule has 14 heavy (non-hydrogen) atoms. The average Bonchev–Trinajstić information content (AvgIpc) is 2.65. The highest BCUT2D eigenvalue weighted by Gasteiger charge is 2.23. The Morgan fingerprint density at radius 1 is 1.43 bits per heavy atom. The molecule has 0 aromatic carbocycles. The average molecular weight is 247 g/mol. The van der Waals surface area contributed by atoms with E-state index in [0.717, 1.165) is 17.1 Å². The van der Waals surface area contributed by atoms with E-state index in [1.165, 1.54) is 24.2 Å². The monoisotopic (exact) mass is 246 g/mol. The highest BCUT2D eigenvalue weighted by Crippen LogP contribution is 2.31. The second-order valence-electron chi connectivity index (χ2n) is 3.32. The molecule has 1 aliphatic rings. The molecule has 0 N–H and O–H groups in total. The second kappa shape index (κ2) is 4.69. The molecule has 1 nitrogen and oxygen atoms in total. The third-order valence-electron chi connectivity index (χ3n) is 2.29. The summed E-state index contributed by atoms with van der Waals surface area (Å²) in [5, 5.41) is 0.179. The summed E-state index contributed by atoms with van der Waals surface area (Å²) in [6.45, 7) is 0. The molecule has 0 amide bonds. The summed E-state index contributed by atoms with van der Waals surface area (Å²) in [5.74, 6) is 1.39. The molecule has 1 atom stereocenters. The van der Waals surface area contributed by atoms with E-state index in [0.29, 0.717) is 4.34 Å². The van der Waals surface area contributed by atoms with Gasteiger partial charge in [-0.15, -0.1) is 11.3 Å². The van der Waals surface area contributed by atoms with Crippen molar-refractivity contribution in [3.63, 3.8) is 0 Å². The summed E-state index contributed by atoms with van der Waals surface area (Å²) in [4.78, 5) is 12.8. The Hall–Kier alpha value is 0.01000. The Bertz CT molecular complexity index is 329. The number of carbonyl (C=O) groups excluding carboxylic acids is 1. The molecular weight excluding hydrogens is 236 g/mol. The van der Waals surface area contributed by atoms with Crippen molar-refractivity contribution in [2.24, 2.45) is 0 Å². The van der Waals surface area contributed by atoms with Crippen LogP contribution in [-0.2, 0) is 0 Å². The van der Waals surface area contributed by atoms with Gasteiger partial charge >= 0.3 is 0 Å². The molecule has 1 fully saturated rings. The minimum absolute atomic E-state index is 0.179. The molecule has 2 heterocycles. The lowest BCUT2D eigenvalue weighted by atomic mass is 10.1. The lowest BCUT2D eigenvalue weighted by Gasteiger charge is -2.18. The summed E-state index contributed by atoms with van der Waals surface area (Å²) in [7, 11) is 0. The zero-order valence-electron chi connectivity index (χ0n) is 7.66. The van der Waals surface area contributed by atoms with Crippen LogP contribution in [0.15, 0.2) is 12.1 Å². The van der Waals surface area contributed by atoms with Gasteiger partial charge < -0.3 is 0 Å². The van der Waals surface area contributed by atoms with Crippen molar-refractivity contribution in [1.82, 2.24) is 0 Å². The van der Waals surface area contributed by atoms with Crippen molar-refractivity contribution < 1.29 is 4.79 Å². The minimum Gasteiger partial charge on any atom is -0.292 e. The quantitative estimate of drug-likeness (QED) is 0.737. The Labute approximate surface area is 96.8 Å². The molecular formula is C10H11ClOS2. The Kier molecular flexibility index (Phi) is 3.52. The van der Waals surface area contributed by atoms with E-state index < -0.39 is 0 Å². The van der Waals surface area contributed by atoms with Crippen LogP contribution in [0.5, 0.6) is 0 Å². The molecule has 2 rings (SSSR count).